The highest BCUT2D eigenvalue weighted by atomic mass is 16.6. The predicted molar refractivity (Wildman–Crippen MR) is 93.0 cm³/mol. The van der Waals surface area contributed by atoms with Gasteiger partial charge in [0.1, 0.15) is 11.6 Å². The molecule has 134 valence electrons. The van der Waals surface area contributed by atoms with Gasteiger partial charge in [0, 0.05) is 6.07 Å². The van der Waals surface area contributed by atoms with E-state index in [4.69, 9.17) is 14.7 Å². The molecule has 0 radical (unpaired) electrons. The summed E-state index contributed by atoms with van der Waals surface area (Å²) in [6.45, 7) is 4.28. The average molecular weight is 346 g/mol. The van der Waals surface area contributed by atoms with Crippen molar-refractivity contribution < 1.29 is 19.2 Å². The molecule has 0 spiro atoms. The molecule has 0 atom stereocenters. The van der Waals surface area contributed by atoms with Crippen molar-refractivity contribution in [1.82, 2.24) is 0 Å². The molecule has 0 heterocycles. The fraction of sp³-hybridized carbons (Fsp3) is 0.444. The number of nitro benzene ring substituents is 1. The van der Waals surface area contributed by atoms with Crippen molar-refractivity contribution >= 4 is 17.7 Å². The fourth-order valence-corrected chi connectivity index (χ4v) is 2.11. The maximum absolute atomic E-state index is 11.6. The number of ether oxygens (including phenoxy) is 2. The quantitative estimate of drug-likeness (QED) is 0.158. The van der Waals surface area contributed by atoms with E-state index in [1.807, 2.05) is 0 Å². The first-order chi connectivity index (χ1) is 12.0. The standard InChI is InChI=1S/C18H22N2O5/c1-3-5-6-7-10-25-17-9-8-14(12-16(17)20(22)23)11-15(13-19)18(21)24-4-2/h8-9,11-12H,3-7,10H2,1-2H3/b15-11+. The van der Waals surface area contributed by atoms with Crippen LogP contribution in [0.2, 0.25) is 0 Å². The summed E-state index contributed by atoms with van der Waals surface area (Å²) >= 11 is 0. The van der Waals surface area contributed by atoms with Crippen LogP contribution in [0.4, 0.5) is 5.69 Å². The van der Waals surface area contributed by atoms with Crippen LogP contribution in [0.15, 0.2) is 23.8 Å². The second kappa shape index (κ2) is 10.8. The van der Waals surface area contributed by atoms with Gasteiger partial charge in [-0.25, -0.2) is 4.79 Å². The van der Waals surface area contributed by atoms with E-state index in [1.54, 1.807) is 19.1 Å². The lowest BCUT2D eigenvalue weighted by Gasteiger charge is -2.07. The van der Waals surface area contributed by atoms with E-state index >= 15 is 0 Å². The van der Waals surface area contributed by atoms with Crippen LogP contribution in [0.3, 0.4) is 0 Å². The number of unbranched alkanes of at least 4 members (excludes halogenated alkanes) is 3. The highest BCUT2D eigenvalue weighted by Crippen LogP contribution is 2.29. The predicted octanol–water partition coefficient (Wildman–Crippen LogP) is 4.02. The van der Waals surface area contributed by atoms with Crippen molar-refractivity contribution in [1.29, 1.82) is 5.26 Å². The van der Waals surface area contributed by atoms with E-state index in [2.05, 4.69) is 6.92 Å². The summed E-state index contributed by atoms with van der Waals surface area (Å²) in [4.78, 5) is 22.3. The van der Waals surface area contributed by atoms with Gasteiger partial charge in [-0.05, 0) is 31.1 Å². The molecule has 7 heteroatoms. The van der Waals surface area contributed by atoms with Crippen molar-refractivity contribution in [3.8, 4) is 11.8 Å². The molecular formula is C18H22N2O5. The maximum Gasteiger partial charge on any atom is 0.348 e. The zero-order chi connectivity index (χ0) is 18.7. The number of carbonyl (C=O) groups is 1. The number of carbonyl (C=O) groups excluding carboxylic acids is 1. The van der Waals surface area contributed by atoms with Gasteiger partial charge in [-0.15, -0.1) is 0 Å². The number of rotatable bonds is 10. The third-order valence-electron chi connectivity index (χ3n) is 3.36. The molecule has 0 aliphatic rings. The van der Waals surface area contributed by atoms with E-state index in [-0.39, 0.29) is 23.6 Å². The van der Waals surface area contributed by atoms with Gasteiger partial charge in [-0.2, -0.15) is 5.26 Å². The van der Waals surface area contributed by atoms with Crippen molar-refractivity contribution in [3.05, 3.63) is 39.4 Å². The fourth-order valence-electron chi connectivity index (χ4n) is 2.11. The molecule has 0 fully saturated rings. The van der Waals surface area contributed by atoms with Crippen LogP contribution in [0.5, 0.6) is 5.75 Å². The maximum atomic E-state index is 11.6. The molecule has 0 saturated carbocycles. The Labute approximate surface area is 147 Å². The van der Waals surface area contributed by atoms with Crippen LogP contribution in [-0.4, -0.2) is 24.1 Å². The van der Waals surface area contributed by atoms with Crippen LogP contribution in [0.25, 0.3) is 6.08 Å². The molecule has 1 aromatic rings. The first-order valence-electron chi connectivity index (χ1n) is 8.23. The van der Waals surface area contributed by atoms with Gasteiger partial charge in [0.15, 0.2) is 5.75 Å². The Balaban J connectivity index is 2.94. The Hall–Kier alpha value is -2.88. The average Bonchev–Trinajstić information content (AvgIpc) is 2.60. The Morgan fingerprint density at radius 2 is 2.08 bits per heavy atom. The number of nitrogens with zero attached hydrogens (tertiary/aromatic N) is 2. The third-order valence-corrected chi connectivity index (χ3v) is 3.36. The van der Waals surface area contributed by atoms with Gasteiger partial charge >= 0.3 is 11.7 Å². The summed E-state index contributed by atoms with van der Waals surface area (Å²) in [6, 6.07) is 6.05. The molecule has 0 aliphatic carbocycles. The molecular weight excluding hydrogens is 324 g/mol. The number of esters is 1. The van der Waals surface area contributed by atoms with Crippen LogP contribution in [0, 0.1) is 21.4 Å². The Morgan fingerprint density at radius 1 is 1.32 bits per heavy atom. The molecule has 1 aromatic carbocycles. The molecule has 0 saturated heterocycles. The second-order valence-electron chi connectivity index (χ2n) is 5.28. The number of nitro groups is 1. The molecule has 7 nitrogen and oxygen atoms in total. The van der Waals surface area contributed by atoms with Crippen LogP contribution >= 0.6 is 0 Å². The lowest BCUT2D eigenvalue weighted by molar-refractivity contribution is -0.385. The van der Waals surface area contributed by atoms with E-state index in [1.165, 1.54) is 18.2 Å². The zero-order valence-corrected chi connectivity index (χ0v) is 14.5. The summed E-state index contributed by atoms with van der Waals surface area (Å²) in [7, 11) is 0. The minimum absolute atomic E-state index is 0.142. The van der Waals surface area contributed by atoms with E-state index in [9.17, 15) is 14.9 Å². The number of benzene rings is 1. The number of hydrogen-bond donors (Lipinski definition) is 0. The smallest absolute Gasteiger partial charge is 0.348 e. The van der Waals surface area contributed by atoms with Crippen molar-refractivity contribution in [2.24, 2.45) is 0 Å². The van der Waals surface area contributed by atoms with E-state index < -0.39 is 10.9 Å². The second-order valence-corrected chi connectivity index (χ2v) is 5.28. The van der Waals surface area contributed by atoms with Gasteiger partial charge in [0.25, 0.3) is 0 Å². The lowest BCUT2D eigenvalue weighted by Crippen LogP contribution is -2.06. The molecule has 0 amide bonds. The molecule has 0 bridgehead atoms. The topological polar surface area (TPSA) is 102 Å². The van der Waals surface area contributed by atoms with Gasteiger partial charge in [0.05, 0.1) is 18.1 Å². The first-order valence-corrected chi connectivity index (χ1v) is 8.23. The minimum Gasteiger partial charge on any atom is -0.487 e. The third kappa shape index (κ3) is 6.63. The molecule has 1 rings (SSSR count). The normalized spacial score (nSPS) is 10.8. The minimum atomic E-state index is -0.760. The van der Waals surface area contributed by atoms with Gasteiger partial charge in [0.2, 0.25) is 0 Å². The highest BCUT2D eigenvalue weighted by Gasteiger charge is 2.17. The molecule has 25 heavy (non-hydrogen) atoms. The Morgan fingerprint density at radius 3 is 2.68 bits per heavy atom. The van der Waals surface area contributed by atoms with E-state index in [0.29, 0.717) is 12.2 Å². The summed E-state index contributed by atoms with van der Waals surface area (Å²) in [6.07, 6.45) is 5.29. The van der Waals surface area contributed by atoms with Gasteiger partial charge < -0.3 is 9.47 Å². The van der Waals surface area contributed by atoms with Gasteiger partial charge in [-0.1, -0.05) is 32.3 Å². The van der Waals surface area contributed by atoms with Crippen molar-refractivity contribution in [2.75, 3.05) is 13.2 Å². The van der Waals surface area contributed by atoms with Crippen LogP contribution < -0.4 is 4.74 Å². The Bertz CT molecular complexity index is 677. The monoisotopic (exact) mass is 346 g/mol. The lowest BCUT2D eigenvalue weighted by atomic mass is 10.1. The SMILES string of the molecule is CCCCCCOc1ccc(/C=C(\C#N)C(=O)OCC)cc1[N+](=O)[O-]. The first kappa shape index (κ1) is 20.2. The van der Waals surface area contributed by atoms with E-state index in [0.717, 1.165) is 25.7 Å². The largest absolute Gasteiger partial charge is 0.487 e. The van der Waals surface area contributed by atoms with Crippen molar-refractivity contribution in [3.63, 3.8) is 0 Å². The number of nitriles is 1. The van der Waals surface area contributed by atoms with Crippen LogP contribution in [-0.2, 0) is 9.53 Å². The summed E-state index contributed by atoms with van der Waals surface area (Å²) in [5.41, 5.74) is -0.0654. The molecule has 0 aromatic heterocycles. The highest BCUT2D eigenvalue weighted by molar-refractivity contribution is 5.98. The van der Waals surface area contributed by atoms with Crippen LogP contribution in [0.1, 0.15) is 45.1 Å². The Kier molecular flexibility index (Phi) is 8.72. The summed E-state index contributed by atoms with van der Waals surface area (Å²) in [5, 5.41) is 20.3. The number of hydrogen-bond acceptors (Lipinski definition) is 6. The zero-order valence-electron chi connectivity index (χ0n) is 14.5. The molecule has 0 aliphatic heterocycles. The molecule has 0 unspecified atom stereocenters. The van der Waals surface area contributed by atoms with Gasteiger partial charge in [-0.3, -0.25) is 10.1 Å². The molecule has 0 N–H and O–H groups in total. The summed E-state index contributed by atoms with van der Waals surface area (Å²) in [5.74, 6) is -0.586. The summed E-state index contributed by atoms with van der Waals surface area (Å²) < 4.78 is 10.3. The van der Waals surface area contributed by atoms with Crippen molar-refractivity contribution in [2.45, 2.75) is 39.5 Å².